The zero-order valence-electron chi connectivity index (χ0n) is 6.09. The molecule has 0 unspecified atom stereocenters. The van der Waals surface area contributed by atoms with Gasteiger partial charge in [-0.25, -0.2) is 0 Å². The molecule has 0 aliphatic rings. The van der Waals surface area contributed by atoms with Crippen LogP contribution in [0.5, 0.6) is 0 Å². The molecule has 0 saturated carbocycles. The number of aromatic amines is 1. The number of aliphatic hydroxyl groups excluding tert-OH is 1. The number of aliphatic hydroxyl groups is 1. The third kappa shape index (κ3) is 1.36. The lowest BCUT2D eigenvalue weighted by atomic mass is 10.1. The van der Waals surface area contributed by atoms with Gasteiger partial charge in [-0.1, -0.05) is 13.3 Å². The maximum Gasteiger partial charge on any atom is 0.0850 e. The van der Waals surface area contributed by atoms with Gasteiger partial charge in [0.15, 0.2) is 0 Å². The van der Waals surface area contributed by atoms with E-state index in [1.807, 2.05) is 0 Å². The van der Waals surface area contributed by atoms with Gasteiger partial charge in [-0.2, -0.15) is 5.10 Å². The Morgan fingerprint density at radius 3 is 3.10 bits per heavy atom. The quantitative estimate of drug-likeness (QED) is 0.654. The van der Waals surface area contributed by atoms with E-state index in [1.165, 1.54) is 0 Å². The number of aryl methyl sites for hydroxylation is 1. The Labute approximate surface area is 60.1 Å². The molecule has 56 valence electrons. The molecule has 0 radical (unpaired) electrons. The SMILES string of the molecule is CCCc1cn[nH]c1CO. The van der Waals surface area contributed by atoms with Crippen molar-refractivity contribution in [3.8, 4) is 0 Å². The Hall–Kier alpha value is -0.830. The molecule has 0 aromatic carbocycles. The van der Waals surface area contributed by atoms with Crippen molar-refractivity contribution in [1.82, 2.24) is 10.2 Å². The first-order valence-corrected chi connectivity index (χ1v) is 3.50. The van der Waals surface area contributed by atoms with Gasteiger partial charge in [-0.15, -0.1) is 0 Å². The van der Waals surface area contributed by atoms with Crippen LogP contribution in [-0.4, -0.2) is 15.3 Å². The molecule has 1 rings (SSSR count). The summed E-state index contributed by atoms with van der Waals surface area (Å²) in [7, 11) is 0. The number of H-pyrrole nitrogens is 1. The van der Waals surface area contributed by atoms with Crippen LogP contribution in [0.2, 0.25) is 0 Å². The van der Waals surface area contributed by atoms with Crippen LogP contribution in [0.25, 0.3) is 0 Å². The highest BCUT2D eigenvalue weighted by Crippen LogP contribution is 2.06. The van der Waals surface area contributed by atoms with E-state index in [1.54, 1.807) is 6.20 Å². The van der Waals surface area contributed by atoms with Gasteiger partial charge in [-0.05, 0) is 12.0 Å². The molecule has 0 aliphatic heterocycles. The zero-order valence-corrected chi connectivity index (χ0v) is 6.09. The summed E-state index contributed by atoms with van der Waals surface area (Å²) < 4.78 is 0. The predicted octanol–water partition coefficient (Wildman–Crippen LogP) is 0.855. The minimum absolute atomic E-state index is 0.0648. The average Bonchev–Trinajstić information content (AvgIpc) is 2.36. The lowest BCUT2D eigenvalue weighted by Gasteiger charge is -1.94. The number of rotatable bonds is 3. The fraction of sp³-hybridized carbons (Fsp3) is 0.571. The Balaban J connectivity index is 2.70. The molecule has 3 nitrogen and oxygen atoms in total. The summed E-state index contributed by atoms with van der Waals surface area (Å²) in [5.41, 5.74) is 1.98. The lowest BCUT2D eigenvalue weighted by molar-refractivity contribution is 0.275. The molecular formula is C7H12N2O. The summed E-state index contributed by atoms with van der Waals surface area (Å²) in [4.78, 5) is 0. The van der Waals surface area contributed by atoms with Gasteiger partial charge >= 0.3 is 0 Å². The van der Waals surface area contributed by atoms with Crippen molar-refractivity contribution in [2.24, 2.45) is 0 Å². The second kappa shape index (κ2) is 3.37. The molecular weight excluding hydrogens is 128 g/mol. The fourth-order valence-electron chi connectivity index (χ4n) is 0.960. The number of nitrogens with one attached hydrogen (secondary N) is 1. The topological polar surface area (TPSA) is 48.9 Å². The molecule has 10 heavy (non-hydrogen) atoms. The molecule has 1 heterocycles. The molecule has 0 saturated heterocycles. The van der Waals surface area contributed by atoms with E-state index in [-0.39, 0.29) is 6.61 Å². The summed E-state index contributed by atoms with van der Waals surface area (Å²) in [6.07, 6.45) is 3.86. The number of hydrogen-bond acceptors (Lipinski definition) is 2. The Bertz CT molecular complexity index is 195. The largest absolute Gasteiger partial charge is 0.390 e. The highest BCUT2D eigenvalue weighted by Gasteiger charge is 2.00. The van der Waals surface area contributed by atoms with E-state index in [4.69, 9.17) is 5.11 Å². The smallest absolute Gasteiger partial charge is 0.0850 e. The van der Waals surface area contributed by atoms with Gasteiger partial charge in [0.05, 0.1) is 18.5 Å². The van der Waals surface area contributed by atoms with Crippen molar-refractivity contribution < 1.29 is 5.11 Å². The van der Waals surface area contributed by atoms with E-state index < -0.39 is 0 Å². The molecule has 3 heteroatoms. The van der Waals surface area contributed by atoms with E-state index in [2.05, 4.69) is 17.1 Å². The monoisotopic (exact) mass is 140 g/mol. The van der Waals surface area contributed by atoms with Crippen molar-refractivity contribution in [3.05, 3.63) is 17.5 Å². The van der Waals surface area contributed by atoms with Gasteiger partial charge in [0, 0.05) is 0 Å². The summed E-state index contributed by atoms with van der Waals surface area (Å²) in [6, 6.07) is 0. The van der Waals surface area contributed by atoms with Gasteiger partial charge < -0.3 is 5.11 Å². The predicted molar refractivity (Wildman–Crippen MR) is 38.5 cm³/mol. The van der Waals surface area contributed by atoms with E-state index in [0.29, 0.717) is 0 Å². The first-order chi connectivity index (χ1) is 4.88. The van der Waals surface area contributed by atoms with Crippen LogP contribution in [0.15, 0.2) is 6.20 Å². The number of hydrogen-bond donors (Lipinski definition) is 2. The summed E-state index contributed by atoms with van der Waals surface area (Å²) in [6.45, 7) is 2.17. The van der Waals surface area contributed by atoms with Crippen molar-refractivity contribution in [3.63, 3.8) is 0 Å². The van der Waals surface area contributed by atoms with E-state index >= 15 is 0 Å². The second-order valence-corrected chi connectivity index (χ2v) is 2.28. The van der Waals surface area contributed by atoms with Crippen LogP contribution in [0.4, 0.5) is 0 Å². The normalized spacial score (nSPS) is 10.2. The van der Waals surface area contributed by atoms with Crippen LogP contribution in [-0.2, 0) is 13.0 Å². The molecule has 0 atom stereocenters. The van der Waals surface area contributed by atoms with Crippen LogP contribution < -0.4 is 0 Å². The zero-order chi connectivity index (χ0) is 7.40. The van der Waals surface area contributed by atoms with Crippen molar-refractivity contribution >= 4 is 0 Å². The van der Waals surface area contributed by atoms with Crippen LogP contribution in [0.1, 0.15) is 24.6 Å². The summed E-state index contributed by atoms with van der Waals surface area (Å²) in [5.74, 6) is 0. The fourth-order valence-corrected chi connectivity index (χ4v) is 0.960. The van der Waals surface area contributed by atoms with Gasteiger partial charge in [-0.3, -0.25) is 5.10 Å². The van der Waals surface area contributed by atoms with E-state index in [9.17, 15) is 0 Å². The molecule has 0 amide bonds. The highest BCUT2D eigenvalue weighted by molar-refractivity contribution is 5.14. The maximum atomic E-state index is 8.76. The highest BCUT2D eigenvalue weighted by atomic mass is 16.3. The maximum absolute atomic E-state index is 8.76. The molecule has 0 fully saturated rings. The Morgan fingerprint density at radius 2 is 2.50 bits per heavy atom. The molecule has 1 aromatic heterocycles. The Kier molecular flexibility index (Phi) is 2.45. The lowest BCUT2D eigenvalue weighted by Crippen LogP contribution is -1.89. The van der Waals surface area contributed by atoms with Crippen LogP contribution in [0, 0.1) is 0 Å². The Morgan fingerprint density at radius 1 is 1.70 bits per heavy atom. The summed E-state index contributed by atoms with van der Waals surface area (Å²) in [5, 5.41) is 15.3. The number of aromatic nitrogens is 2. The average molecular weight is 140 g/mol. The third-order valence-electron chi connectivity index (χ3n) is 1.48. The molecule has 0 aliphatic carbocycles. The van der Waals surface area contributed by atoms with Crippen LogP contribution >= 0.6 is 0 Å². The minimum Gasteiger partial charge on any atom is -0.390 e. The summed E-state index contributed by atoms with van der Waals surface area (Å²) >= 11 is 0. The standard InChI is InChI=1S/C7H12N2O/c1-2-3-6-4-8-9-7(6)5-10/h4,10H,2-3,5H2,1H3,(H,8,9). The molecule has 0 bridgehead atoms. The van der Waals surface area contributed by atoms with Crippen molar-refractivity contribution in [1.29, 1.82) is 0 Å². The number of nitrogens with zero attached hydrogens (tertiary/aromatic N) is 1. The van der Waals surface area contributed by atoms with Crippen molar-refractivity contribution in [2.75, 3.05) is 0 Å². The second-order valence-electron chi connectivity index (χ2n) is 2.28. The first kappa shape index (κ1) is 7.28. The van der Waals surface area contributed by atoms with Crippen molar-refractivity contribution in [2.45, 2.75) is 26.4 Å². The van der Waals surface area contributed by atoms with Gasteiger partial charge in [0.1, 0.15) is 0 Å². The van der Waals surface area contributed by atoms with E-state index in [0.717, 1.165) is 24.1 Å². The van der Waals surface area contributed by atoms with Crippen LogP contribution in [0.3, 0.4) is 0 Å². The van der Waals surface area contributed by atoms with Gasteiger partial charge in [0.25, 0.3) is 0 Å². The third-order valence-corrected chi connectivity index (χ3v) is 1.48. The molecule has 1 aromatic rings. The molecule has 2 N–H and O–H groups in total. The molecule has 0 spiro atoms. The first-order valence-electron chi connectivity index (χ1n) is 3.50. The van der Waals surface area contributed by atoms with Gasteiger partial charge in [0.2, 0.25) is 0 Å². The minimum atomic E-state index is 0.0648.